The maximum absolute atomic E-state index is 11.2. The summed E-state index contributed by atoms with van der Waals surface area (Å²) >= 11 is 5.91. The molecule has 116 valence electrons. The number of benzene rings is 1. The van der Waals surface area contributed by atoms with E-state index in [0.29, 0.717) is 11.4 Å². The maximum Gasteiger partial charge on any atom is 0.218 e. The van der Waals surface area contributed by atoms with Crippen LogP contribution in [0.3, 0.4) is 0 Å². The summed E-state index contributed by atoms with van der Waals surface area (Å²) in [6.45, 7) is 7.15. The van der Waals surface area contributed by atoms with E-state index in [2.05, 4.69) is 24.5 Å². The fraction of sp³-hybridized carbons (Fsp3) is 0.500. The normalized spacial score (nSPS) is 11.3. The molecule has 0 bridgehead atoms. The average Bonchev–Trinajstić information content (AvgIpc) is 2.35. The lowest BCUT2D eigenvalue weighted by molar-refractivity contribution is -0.122. The molecule has 0 unspecified atom stereocenters. The Bertz CT molecular complexity index is 482. The molecule has 0 atom stereocenters. The van der Waals surface area contributed by atoms with Crippen molar-refractivity contribution >= 4 is 23.4 Å². The number of hydrogen-bond donors (Lipinski definition) is 2. The van der Waals surface area contributed by atoms with Gasteiger partial charge in [-0.3, -0.25) is 9.59 Å². The van der Waals surface area contributed by atoms with Gasteiger partial charge in [-0.1, -0.05) is 37.6 Å². The Morgan fingerprint density at radius 2 is 1.57 bits per heavy atom. The summed E-state index contributed by atoms with van der Waals surface area (Å²) in [6.07, 6.45) is 1.14. The van der Waals surface area contributed by atoms with Gasteiger partial charge in [0.25, 0.3) is 0 Å². The zero-order valence-corrected chi connectivity index (χ0v) is 13.8. The number of nitrogens with one attached hydrogen (secondary N) is 2. The van der Waals surface area contributed by atoms with Crippen molar-refractivity contribution < 1.29 is 9.59 Å². The number of halogens is 1. The van der Waals surface area contributed by atoms with Crippen molar-refractivity contribution in [1.29, 1.82) is 0 Å². The van der Waals surface area contributed by atoms with Gasteiger partial charge in [0.15, 0.2) is 0 Å². The molecule has 0 aliphatic carbocycles. The highest BCUT2D eigenvalue weighted by atomic mass is 35.5. The fourth-order valence-corrected chi connectivity index (χ4v) is 2.35. The highest BCUT2D eigenvalue weighted by molar-refractivity contribution is 6.30. The Balaban J connectivity index is 2.70. The predicted octanol–water partition coefficient (Wildman–Crippen LogP) is 3.00. The van der Waals surface area contributed by atoms with Crippen LogP contribution in [0.4, 0.5) is 0 Å². The minimum Gasteiger partial charge on any atom is -0.336 e. The topological polar surface area (TPSA) is 58.2 Å². The molecular formula is C16H23ClN2O2. The van der Waals surface area contributed by atoms with Gasteiger partial charge in [-0.15, -0.1) is 0 Å². The van der Waals surface area contributed by atoms with Crippen LogP contribution in [-0.4, -0.2) is 18.0 Å². The van der Waals surface area contributed by atoms with Crippen molar-refractivity contribution in [2.45, 2.75) is 52.1 Å². The minimum absolute atomic E-state index is 0.0697. The highest BCUT2D eigenvalue weighted by Gasteiger charge is 2.23. The first-order valence-corrected chi connectivity index (χ1v) is 7.39. The van der Waals surface area contributed by atoms with Crippen LogP contribution < -0.4 is 10.6 Å². The molecule has 0 saturated heterocycles. The molecule has 2 amide bonds. The molecule has 21 heavy (non-hydrogen) atoms. The SMILES string of the molecule is CC(=O)NC(CCC(C)(C)c1ccc(Cl)cc1)NC(C)=O. The molecule has 2 N–H and O–H groups in total. The number of hydrogen-bond acceptors (Lipinski definition) is 2. The van der Waals surface area contributed by atoms with E-state index in [1.165, 1.54) is 19.4 Å². The smallest absolute Gasteiger partial charge is 0.218 e. The Morgan fingerprint density at radius 3 is 2.00 bits per heavy atom. The number of rotatable bonds is 6. The van der Waals surface area contributed by atoms with E-state index in [1.54, 1.807) is 0 Å². The Labute approximate surface area is 131 Å². The molecule has 1 rings (SSSR count). The second-order valence-electron chi connectivity index (χ2n) is 5.88. The summed E-state index contributed by atoms with van der Waals surface area (Å²) < 4.78 is 0. The van der Waals surface area contributed by atoms with Crippen molar-refractivity contribution in [2.75, 3.05) is 0 Å². The van der Waals surface area contributed by atoms with Crippen LogP contribution in [0.5, 0.6) is 0 Å². The van der Waals surface area contributed by atoms with Crippen LogP contribution >= 0.6 is 11.6 Å². The summed E-state index contributed by atoms with van der Waals surface area (Å²) in [5.74, 6) is -0.309. The molecular weight excluding hydrogens is 288 g/mol. The maximum atomic E-state index is 11.2. The fourth-order valence-electron chi connectivity index (χ4n) is 2.22. The molecule has 5 heteroatoms. The van der Waals surface area contributed by atoms with Gasteiger partial charge in [-0.05, 0) is 36.0 Å². The molecule has 0 fully saturated rings. The highest BCUT2D eigenvalue weighted by Crippen LogP contribution is 2.29. The summed E-state index contributed by atoms with van der Waals surface area (Å²) in [7, 11) is 0. The van der Waals surface area contributed by atoms with Crippen molar-refractivity contribution in [2.24, 2.45) is 0 Å². The Hall–Kier alpha value is -1.55. The minimum atomic E-state index is -0.341. The van der Waals surface area contributed by atoms with Gasteiger partial charge < -0.3 is 10.6 Å². The number of carbonyl (C=O) groups is 2. The molecule has 0 heterocycles. The van der Waals surface area contributed by atoms with E-state index in [9.17, 15) is 9.59 Å². The third-order valence-corrected chi connectivity index (χ3v) is 3.69. The third kappa shape index (κ3) is 6.17. The lowest BCUT2D eigenvalue weighted by atomic mass is 9.80. The van der Waals surface area contributed by atoms with Crippen LogP contribution in [-0.2, 0) is 15.0 Å². The molecule has 0 aromatic heterocycles. The second-order valence-corrected chi connectivity index (χ2v) is 6.32. The third-order valence-electron chi connectivity index (χ3n) is 3.44. The van der Waals surface area contributed by atoms with Crippen molar-refractivity contribution in [3.63, 3.8) is 0 Å². The molecule has 0 aliphatic heterocycles. The lowest BCUT2D eigenvalue weighted by Crippen LogP contribution is -2.47. The predicted molar refractivity (Wildman–Crippen MR) is 85.1 cm³/mol. The van der Waals surface area contributed by atoms with Crippen LogP contribution in [0, 0.1) is 0 Å². The summed E-state index contributed by atoms with van der Waals surface area (Å²) in [5, 5.41) is 6.22. The molecule has 0 spiro atoms. The monoisotopic (exact) mass is 310 g/mol. The van der Waals surface area contributed by atoms with E-state index in [0.717, 1.165) is 6.42 Å². The summed E-state index contributed by atoms with van der Waals surface area (Å²) in [5.41, 5.74) is 1.11. The van der Waals surface area contributed by atoms with Gasteiger partial charge in [-0.25, -0.2) is 0 Å². The summed E-state index contributed by atoms with van der Waals surface area (Å²) in [4.78, 5) is 22.4. The first-order valence-electron chi connectivity index (χ1n) is 7.01. The first-order chi connectivity index (χ1) is 9.70. The molecule has 1 aromatic rings. The molecule has 0 radical (unpaired) electrons. The van der Waals surface area contributed by atoms with Crippen LogP contribution in [0.1, 0.15) is 46.1 Å². The first kappa shape index (κ1) is 17.5. The van der Waals surface area contributed by atoms with Crippen molar-refractivity contribution in [1.82, 2.24) is 10.6 Å². The van der Waals surface area contributed by atoms with E-state index in [4.69, 9.17) is 11.6 Å². The Morgan fingerprint density at radius 1 is 1.10 bits per heavy atom. The van der Waals surface area contributed by atoms with Crippen LogP contribution in [0.15, 0.2) is 24.3 Å². The molecule has 0 saturated carbocycles. The molecule has 1 aromatic carbocycles. The van der Waals surface area contributed by atoms with Crippen LogP contribution in [0.2, 0.25) is 5.02 Å². The van der Waals surface area contributed by atoms with Crippen molar-refractivity contribution in [3.8, 4) is 0 Å². The standard InChI is InChI=1S/C16H23ClN2O2/c1-11(20)18-15(19-12(2)21)9-10-16(3,4)13-5-7-14(17)8-6-13/h5-8,15H,9-10H2,1-4H3,(H,18,20)(H,19,21). The van der Waals surface area contributed by atoms with Crippen molar-refractivity contribution in [3.05, 3.63) is 34.9 Å². The van der Waals surface area contributed by atoms with E-state index < -0.39 is 0 Å². The summed E-state index contributed by atoms with van der Waals surface area (Å²) in [6, 6.07) is 7.76. The number of amides is 2. The average molecular weight is 311 g/mol. The van der Waals surface area contributed by atoms with Gasteiger partial charge in [0, 0.05) is 18.9 Å². The van der Waals surface area contributed by atoms with E-state index in [-0.39, 0.29) is 23.4 Å². The Kier molecular flexibility index (Phi) is 6.21. The molecule has 0 aliphatic rings. The molecule has 4 nitrogen and oxygen atoms in total. The zero-order valence-electron chi connectivity index (χ0n) is 13.0. The second kappa shape index (κ2) is 7.46. The lowest BCUT2D eigenvalue weighted by Gasteiger charge is -2.28. The largest absolute Gasteiger partial charge is 0.336 e. The van der Waals surface area contributed by atoms with Gasteiger partial charge in [0.2, 0.25) is 11.8 Å². The van der Waals surface area contributed by atoms with Crippen LogP contribution in [0.25, 0.3) is 0 Å². The number of carbonyl (C=O) groups excluding carboxylic acids is 2. The van der Waals surface area contributed by atoms with Gasteiger partial charge >= 0.3 is 0 Å². The van der Waals surface area contributed by atoms with Gasteiger partial charge in [0.05, 0.1) is 0 Å². The zero-order chi connectivity index (χ0) is 16.0. The van der Waals surface area contributed by atoms with E-state index >= 15 is 0 Å². The van der Waals surface area contributed by atoms with Gasteiger partial charge in [-0.2, -0.15) is 0 Å². The quantitative estimate of drug-likeness (QED) is 0.794. The van der Waals surface area contributed by atoms with E-state index in [1.807, 2.05) is 24.3 Å². The van der Waals surface area contributed by atoms with Gasteiger partial charge in [0.1, 0.15) is 6.17 Å².